The first-order chi connectivity index (χ1) is 16.5. The summed E-state index contributed by atoms with van der Waals surface area (Å²) in [5.74, 6) is 1.60. The van der Waals surface area contributed by atoms with E-state index in [1.54, 1.807) is 56.7 Å². The summed E-state index contributed by atoms with van der Waals surface area (Å²) < 4.78 is 21.8. The van der Waals surface area contributed by atoms with Crippen LogP contribution < -0.4 is 18.9 Å². The SMILES string of the molecule is C=CCOc1ccc(/C=C(\Sc2n[nH]c(-c3cc(OC)cc(OC)c3)n2)C(=O)O)cc1OCC. The number of hydrogen-bond acceptors (Lipinski definition) is 8. The zero-order valence-electron chi connectivity index (χ0n) is 19.0. The van der Waals surface area contributed by atoms with Gasteiger partial charge in [-0.25, -0.2) is 9.78 Å². The van der Waals surface area contributed by atoms with Crippen molar-refractivity contribution in [1.29, 1.82) is 0 Å². The number of carboxylic acids is 1. The second-order valence-corrected chi connectivity index (χ2v) is 7.73. The minimum absolute atomic E-state index is 0.0379. The highest BCUT2D eigenvalue weighted by Crippen LogP contribution is 2.33. The Labute approximate surface area is 201 Å². The molecule has 10 heteroatoms. The Morgan fingerprint density at radius 2 is 1.85 bits per heavy atom. The highest BCUT2D eigenvalue weighted by molar-refractivity contribution is 8.04. The third kappa shape index (κ3) is 6.32. The summed E-state index contributed by atoms with van der Waals surface area (Å²) >= 11 is 0.925. The van der Waals surface area contributed by atoms with Gasteiger partial charge < -0.3 is 24.1 Å². The quantitative estimate of drug-likeness (QED) is 0.215. The highest BCUT2D eigenvalue weighted by atomic mass is 32.2. The Hall–Kier alpha value is -3.92. The molecule has 1 aromatic heterocycles. The number of benzene rings is 2. The molecule has 178 valence electrons. The zero-order valence-corrected chi connectivity index (χ0v) is 19.8. The van der Waals surface area contributed by atoms with E-state index >= 15 is 0 Å². The van der Waals surface area contributed by atoms with Crippen LogP contribution in [0.2, 0.25) is 0 Å². The number of H-pyrrole nitrogens is 1. The molecule has 1 heterocycles. The van der Waals surface area contributed by atoms with Crippen LogP contribution >= 0.6 is 11.8 Å². The van der Waals surface area contributed by atoms with Crippen LogP contribution in [-0.4, -0.2) is 53.7 Å². The van der Waals surface area contributed by atoms with Crippen LogP contribution in [0, 0.1) is 0 Å². The van der Waals surface area contributed by atoms with Crippen LogP contribution in [0.1, 0.15) is 12.5 Å². The molecule has 0 saturated carbocycles. The Balaban J connectivity index is 1.86. The second kappa shape index (κ2) is 11.8. The number of aromatic amines is 1. The maximum absolute atomic E-state index is 11.9. The number of methoxy groups -OCH3 is 2. The number of thioether (sulfide) groups is 1. The van der Waals surface area contributed by atoms with E-state index in [9.17, 15) is 9.90 Å². The minimum atomic E-state index is -1.11. The molecule has 0 saturated heterocycles. The maximum Gasteiger partial charge on any atom is 0.342 e. The number of hydrogen-bond donors (Lipinski definition) is 2. The number of nitrogens with one attached hydrogen (secondary N) is 1. The van der Waals surface area contributed by atoms with Crippen molar-refractivity contribution in [2.75, 3.05) is 27.4 Å². The molecule has 3 aromatic rings. The van der Waals surface area contributed by atoms with Crippen molar-refractivity contribution in [2.45, 2.75) is 12.1 Å². The lowest BCUT2D eigenvalue weighted by molar-refractivity contribution is -0.131. The third-order valence-corrected chi connectivity index (χ3v) is 5.30. The first-order valence-electron chi connectivity index (χ1n) is 10.3. The summed E-state index contributed by atoms with van der Waals surface area (Å²) in [5, 5.41) is 17.0. The lowest BCUT2D eigenvalue weighted by atomic mass is 10.2. The van der Waals surface area contributed by atoms with Crippen LogP contribution in [0.25, 0.3) is 17.5 Å². The third-order valence-electron chi connectivity index (χ3n) is 4.42. The molecule has 0 amide bonds. The van der Waals surface area contributed by atoms with Gasteiger partial charge in [0.05, 0.1) is 20.8 Å². The van der Waals surface area contributed by atoms with E-state index in [0.717, 1.165) is 11.8 Å². The summed E-state index contributed by atoms with van der Waals surface area (Å²) in [7, 11) is 3.11. The molecule has 0 unspecified atom stereocenters. The molecule has 34 heavy (non-hydrogen) atoms. The van der Waals surface area contributed by atoms with Gasteiger partial charge in [-0.3, -0.25) is 5.10 Å². The van der Waals surface area contributed by atoms with Gasteiger partial charge in [0.25, 0.3) is 0 Å². The smallest absolute Gasteiger partial charge is 0.342 e. The lowest BCUT2D eigenvalue weighted by Crippen LogP contribution is -2.00. The van der Waals surface area contributed by atoms with E-state index in [0.29, 0.717) is 53.2 Å². The van der Waals surface area contributed by atoms with Crippen LogP contribution in [0.3, 0.4) is 0 Å². The predicted octanol–water partition coefficient (Wildman–Crippen LogP) is 4.67. The van der Waals surface area contributed by atoms with Gasteiger partial charge in [0.1, 0.15) is 23.0 Å². The Kier molecular flexibility index (Phi) is 8.58. The fraction of sp³-hybridized carbons (Fsp3) is 0.208. The molecular weight excluding hydrogens is 458 g/mol. The van der Waals surface area contributed by atoms with E-state index in [4.69, 9.17) is 18.9 Å². The highest BCUT2D eigenvalue weighted by Gasteiger charge is 2.16. The standard InChI is InChI=1S/C24H25N3O6S/c1-5-9-33-19-8-7-15(10-20(19)32-6-2)11-21(23(28)29)34-24-25-22(26-27-24)16-12-17(30-3)14-18(13-16)31-4/h5,7-8,10-14H,1,6,9H2,2-4H3,(H,28,29)(H,25,26,27)/b21-11-. The van der Waals surface area contributed by atoms with Gasteiger partial charge in [0.15, 0.2) is 17.3 Å². The first-order valence-corrected chi connectivity index (χ1v) is 11.1. The summed E-state index contributed by atoms with van der Waals surface area (Å²) in [6.07, 6.45) is 3.16. The number of aromatic nitrogens is 3. The molecule has 0 fully saturated rings. The van der Waals surface area contributed by atoms with Crippen LogP contribution in [0.5, 0.6) is 23.0 Å². The average molecular weight is 484 g/mol. The fourth-order valence-electron chi connectivity index (χ4n) is 2.90. The van der Waals surface area contributed by atoms with Crippen LogP contribution in [0.4, 0.5) is 0 Å². The van der Waals surface area contributed by atoms with Gasteiger partial charge in [-0.05, 0) is 54.6 Å². The van der Waals surface area contributed by atoms with Gasteiger partial charge in [0.2, 0.25) is 5.16 Å². The predicted molar refractivity (Wildman–Crippen MR) is 130 cm³/mol. The molecule has 2 N–H and O–H groups in total. The number of rotatable bonds is 12. The Morgan fingerprint density at radius 3 is 2.47 bits per heavy atom. The topological polar surface area (TPSA) is 116 Å². The number of aliphatic carboxylic acids is 1. The fourth-order valence-corrected chi connectivity index (χ4v) is 3.61. The van der Waals surface area contributed by atoms with Crippen molar-refractivity contribution < 1.29 is 28.8 Å². The summed E-state index contributed by atoms with van der Waals surface area (Å²) in [5.41, 5.74) is 1.32. The van der Waals surface area contributed by atoms with E-state index in [2.05, 4.69) is 21.8 Å². The summed E-state index contributed by atoms with van der Waals surface area (Å²) in [6, 6.07) is 10.5. The zero-order chi connectivity index (χ0) is 24.5. The van der Waals surface area contributed by atoms with Crippen LogP contribution in [-0.2, 0) is 4.79 Å². The van der Waals surface area contributed by atoms with E-state index < -0.39 is 5.97 Å². The van der Waals surface area contributed by atoms with Crippen molar-refractivity contribution in [3.8, 4) is 34.4 Å². The van der Waals surface area contributed by atoms with Crippen molar-refractivity contribution in [3.63, 3.8) is 0 Å². The van der Waals surface area contributed by atoms with Gasteiger partial charge in [-0.2, -0.15) is 0 Å². The van der Waals surface area contributed by atoms with E-state index in [1.807, 2.05) is 6.92 Å². The van der Waals surface area contributed by atoms with E-state index in [-0.39, 0.29) is 10.1 Å². The Morgan fingerprint density at radius 1 is 1.12 bits per heavy atom. The molecule has 9 nitrogen and oxygen atoms in total. The summed E-state index contributed by atoms with van der Waals surface area (Å²) in [4.78, 5) is 16.4. The van der Waals surface area contributed by atoms with Gasteiger partial charge in [-0.15, -0.1) is 5.10 Å². The van der Waals surface area contributed by atoms with E-state index in [1.165, 1.54) is 6.08 Å². The monoisotopic (exact) mass is 483 g/mol. The van der Waals surface area contributed by atoms with Gasteiger partial charge in [-0.1, -0.05) is 18.7 Å². The molecule has 0 aliphatic carbocycles. The maximum atomic E-state index is 11.9. The Bertz CT molecular complexity index is 1170. The summed E-state index contributed by atoms with van der Waals surface area (Å²) in [6.45, 7) is 6.26. The van der Waals surface area contributed by atoms with Gasteiger partial charge in [0, 0.05) is 11.6 Å². The molecular formula is C24H25N3O6S. The van der Waals surface area contributed by atoms with Crippen molar-refractivity contribution in [1.82, 2.24) is 15.2 Å². The number of carbonyl (C=O) groups is 1. The minimum Gasteiger partial charge on any atom is -0.497 e. The lowest BCUT2D eigenvalue weighted by Gasteiger charge is -2.11. The van der Waals surface area contributed by atoms with Gasteiger partial charge >= 0.3 is 5.97 Å². The average Bonchev–Trinajstić information content (AvgIpc) is 3.31. The van der Waals surface area contributed by atoms with Crippen molar-refractivity contribution in [3.05, 3.63) is 59.5 Å². The molecule has 0 aliphatic rings. The number of ether oxygens (including phenoxy) is 4. The van der Waals surface area contributed by atoms with Crippen molar-refractivity contribution in [2.24, 2.45) is 0 Å². The molecule has 0 radical (unpaired) electrons. The second-order valence-electron chi connectivity index (χ2n) is 6.72. The molecule has 0 atom stereocenters. The number of carboxylic acid groups (broad SMARTS) is 1. The molecule has 0 aliphatic heterocycles. The molecule has 0 spiro atoms. The number of nitrogens with zero attached hydrogens (tertiary/aromatic N) is 2. The molecule has 2 aromatic carbocycles. The molecule has 0 bridgehead atoms. The molecule has 3 rings (SSSR count). The van der Waals surface area contributed by atoms with Crippen molar-refractivity contribution >= 4 is 23.8 Å². The largest absolute Gasteiger partial charge is 0.497 e. The normalized spacial score (nSPS) is 11.1. The van der Waals surface area contributed by atoms with Crippen LogP contribution in [0.15, 0.2) is 59.1 Å². The first kappa shape index (κ1) is 24.7.